The summed E-state index contributed by atoms with van der Waals surface area (Å²) < 4.78 is 1.10. The summed E-state index contributed by atoms with van der Waals surface area (Å²) in [6.45, 7) is 4.13. The van der Waals surface area contributed by atoms with E-state index < -0.39 is 0 Å². The first kappa shape index (κ1) is 32.7. The Hall–Kier alpha value is -3.26. The van der Waals surface area contributed by atoms with Crippen LogP contribution in [-0.2, 0) is 19.3 Å². The summed E-state index contributed by atoms with van der Waals surface area (Å²) in [5.74, 6) is 1.28. The van der Waals surface area contributed by atoms with Crippen LogP contribution in [0.2, 0.25) is 10.0 Å². The first-order valence-corrected chi connectivity index (χ1v) is 17.7. The molecule has 2 aliphatic rings. The largest absolute Gasteiger partial charge is 0.370 e. The molecule has 0 aliphatic carbocycles. The monoisotopic (exact) mass is 718 g/mol. The molecule has 2 aliphatic heterocycles. The fourth-order valence-electron chi connectivity index (χ4n) is 6.78. The van der Waals surface area contributed by atoms with Crippen molar-refractivity contribution >= 4 is 61.8 Å². The number of aliphatic imine (C=N–C) groups is 1. The average molecular weight is 721 g/mol. The first-order valence-electron chi connectivity index (χ1n) is 16.2. The van der Waals surface area contributed by atoms with Crippen molar-refractivity contribution in [1.29, 1.82) is 5.41 Å². The van der Waals surface area contributed by atoms with Crippen molar-refractivity contribution in [3.05, 3.63) is 116 Å². The third kappa shape index (κ3) is 7.99. The Balaban J connectivity index is 1.05. The van der Waals surface area contributed by atoms with Crippen molar-refractivity contribution in [3.8, 4) is 0 Å². The number of halogens is 3. The van der Waals surface area contributed by atoms with Gasteiger partial charge in [-0.05, 0) is 90.3 Å². The Kier molecular flexibility index (Phi) is 10.7. The normalized spacial score (nSPS) is 18.2. The van der Waals surface area contributed by atoms with Gasteiger partial charge < -0.3 is 20.4 Å². The molecule has 0 amide bonds. The zero-order chi connectivity index (χ0) is 32.0. The van der Waals surface area contributed by atoms with Gasteiger partial charge in [-0.3, -0.25) is 10.4 Å². The van der Waals surface area contributed by atoms with E-state index in [0.717, 1.165) is 81.3 Å². The highest BCUT2D eigenvalue weighted by atomic mass is 79.9. The lowest BCUT2D eigenvalue weighted by molar-refractivity contribution is 0.312. The molecule has 240 valence electrons. The summed E-state index contributed by atoms with van der Waals surface area (Å²) in [5, 5.41) is 12.9. The molecule has 46 heavy (non-hydrogen) atoms. The van der Waals surface area contributed by atoms with Crippen LogP contribution < -0.4 is 5.73 Å². The van der Waals surface area contributed by atoms with E-state index in [9.17, 15) is 5.41 Å². The molecule has 9 heteroatoms. The van der Waals surface area contributed by atoms with E-state index in [0.29, 0.717) is 28.0 Å². The Bertz CT molecular complexity index is 1710. The van der Waals surface area contributed by atoms with Gasteiger partial charge in [0.15, 0.2) is 11.9 Å². The molecule has 0 bridgehead atoms. The molecule has 0 spiro atoms. The summed E-state index contributed by atoms with van der Waals surface area (Å²) >= 11 is 15.9. The van der Waals surface area contributed by atoms with Gasteiger partial charge >= 0.3 is 0 Å². The van der Waals surface area contributed by atoms with Crippen LogP contribution in [0.15, 0.2) is 94.4 Å². The SMILES string of the molecule is N=C1N(CCCC[C@H]2CN=C(N)N2CCc2ccc(Cl)c(Cl)c2)C[C@@H](Cc2ccc3ccccc3c2)N1CCc1cccc(Br)c1. The van der Waals surface area contributed by atoms with Gasteiger partial charge in [0.1, 0.15) is 0 Å². The second-order valence-electron chi connectivity index (χ2n) is 12.4. The number of hydrogen-bond donors (Lipinski definition) is 2. The van der Waals surface area contributed by atoms with Crippen LogP contribution in [0.4, 0.5) is 0 Å². The summed E-state index contributed by atoms with van der Waals surface area (Å²) in [4.78, 5) is 11.4. The number of nitrogens with one attached hydrogen (secondary N) is 1. The maximum atomic E-state index is 9.21. The molecule has 3 N–H and O–H groups in total. The Morgan fingerprint density at radius 2 is 1.52 bits per heavy atom. The number of nitrogens with zero attached hydrogens (tertiary/aromatic N) is 4. The van der Waals surface area contributed by atoms with Gasteiger partial charge in [-0.1, -0.05) is 99.8 Å². The lowest BCUT2D eigenvalue weighted by Gasteiger charge is -2.27. The zero-order valence-corrected chi connectivity index (χ0v) is 29.1. The van der Waals surface area contributed by atoms with Crippen LogP contribution in [0.3, 0.4) is 0 Å². The molecule has 1 saturated heterocycles. The second-order valence-corrected chi connectivity index (χ2v) is 14.2. The Morgan fingerprint density at radius 3 is 2.33 bits per heavy atom. The lowest BCUT2D eigenvalue weighted by atomic mass is 10.0. The highest BCUT2D eigenvalue weighted by Crippen LogP contribution is 2.26. The minimum absolute atomic E-state index is 0.265. The molecule has 0 radical (unpaired) electrons. The maximum Gasteiger partial charge on any atom is 0.194 e. The van der Waals surface area contributed by atoms with Crippen LogP contribution >= 0.6 is 39.1 Å². The number of fused-ring (bicyclic) bond motifs is 1. The quantitative estimate of drug-likeness (QED) is 0.137. The van der Waals surface area contributed by atoms with Crippen LogP contribution in [0.1, 0.15) is 36.0 Å². The van der Waals surface area contributed by atoms with Gasteiger partial charge in [0.05, 0.1) is 28.7 Å². The molecular weight excluding hydrogens is 679 g/mol. The summed E-state index contributed by atoms with van der Waals surface area (Å²) in [5.41, 5.74) is 10.0. The minimum atomic E-state index is 0.265. The van der Waals surface area contributed by atoms with Crippen molar-refractivity contribution in [2.75, 3.05) is 32.7 Å². The highest BCUT2D eigenvalue weighted by molar-refractivity contribution is 9.10. The average Bonchev–Trinajstić information content (AvgIpc) is 3.55. The zero-order valence-electron chi connectivity index (χ0n) is 26.0. The minimum Gasteiger partial charge on any atom is -0.370 e. The summed E-state index contributed by atoms with van der Waals surface area (Å²) in [6, 6.07) is 30.2. The first-order chi connectivity index (χ1) is 22.3. The number of rotatable bonds is 13. The van der Waals surface area contributed by atoms with Gasteiger partial charge in [-0.15, -0.1) is 0 Å². The lowest BCUT2D eigenvalue weighted by Crippen LogP contribution is -2.42. The van der Waals surface area contributed by atoms with E-state index in [1.807, 2.05) is 18.2 Å². The molecule has 2 atom stereocenters. The summed E-state index contributed by atoms with van der Waals surface area (Å²) in [7, 11) is 0. The summed E-state index contributed by atoms with van der Waals surface area (Å²) in [6.07, 6.45) is 5.79. The van der Waals surface area contributed by atoms with E-state index in [2.05, 4.69) is 102 Å². The molecule has 4 aromatic carbocycles. The fourth-order valence-corrected chi connectivity index (χ4v) is 7.55. The predicted molar refractivity (Wildman–Crippen MR) is 196 cm³/mol. The van der Waals surface area contributed by atoms with E-state index >= 15 is 0 Å². The van der Waals surface area contributed by atoms with Gasteiger partial charge in [0.2, 0.25) is 0 Å². The topological polar surface area (TPSA) is 71.9 Å². The molecular formula is C37H41BrCl2N6. The number of guanidine groups is 2. The van der Waals surface area contributed by atoms with E-state index in [4.69, 9.17) is 28.9 Å². The van der Waals surface area contributed by atoms with Crippen LogP contribution in [0.5, 0.6) is 0 Å². The third-order valence-electron chi connectivity index (χ3n) is 9.30. The Labute approximate surface area is 290 Å². The van der Waals surface area contributed by atoms with Crippen molar-refractivity contribution in [2.45, 2.75) is 50.6 Å². The standard InChI is InChI=1S/C37H41BrCl2N6/c38-31-9-5-6-26(21-31)16-19-46-33(22-28-11-13-29-7-1-2-8-30(29)20-28)25-44(37(46)42)17-4-3-10-32-24-43-36(41)45(32)18-15-27-12-14-34(39)35(40)23-27/h1-2,5-9,11-14,20-21,23,32-33,42H,3-4,10,15-19,22,24-25H2,(H2,41,43)/t32-,33+/m0/s1. The molecule has 6 rings (SSSR count). The predicted octanol–water partition coefficient (Wildman–Crippen LogP) is 8.03. The van der Waals surface area contributed by atoms with E-state index in [1.165, 1.54) is 21.9 Å². The van der Waals surface area contributed by atoms with Crippen LogP contribution in [0.25, 0.3) is 10.8 Å². The van der Waals surface area contributed by atoms with E-state index in [1.54, 1.807) is 0 Å². The molecule has 2 heterocycles. The Morgan fingerprint density at radius 1 is 0.761 bits per heavy atom. The molecule has 4 aromatic rings. The maximum absolute atomic E-state index is 9.21. The number of nitrogens with two attached hydrogens (primary N) is 1. The highest BCUT2D eigenvalue weighted by Gasteiger charge is 2.34. The molecule has 1 fully saturated rings. The van der Waals surface area contributed by atoms with Crippen molar-refractivity contribution in [3.63, 3.8) is 0 Å². The van der Waals surface area contributed by atoms with Crippen LogP contribution in [-0.4, -0.2) is 71.4 Å². The number of unbranched alkanes of at least 4 members (excludes halogenated alkanes) is 1. The molecule has 0 aromatic heterocycles. The number of benzene rings is 4. The molecule has 0 saturated carbocycles. The second kappa shape index (κ2) is 15.1. The smallest absolute Gasteiger partial charge is 0.194 e. The van der Waals surface area contributed by atoms with Gasteiger partial charge in [-0.25, -0.2) is 0 Å². The van der Waals surface area contributed by atoms with Crippen molar-refractivity contribution < 1.29 is 0 Å². The van der Waals surface area contributed by atoms with Crippen LogP contribution in [0, 0.1) is 5.41 Å². The molecule has 0 unspecified atom stereocenters. The number of hydrogen-bond acceptors (Lipinski definition) is 4. The third-order valence-corrected chi connectivity index (χ3v) is 10.5. The van der Waals surface area contributed by atoms with Gasteiger partial charge in [0.25, 0.3) is 0 Å². The van der Waals surface area contributed by atoms with Crippen molar-refractivity contribution in [2.24, 2.45) is 10.7 Å². The van der Waals surface area contributed by atoms with Crippen molar-refractivity contribution in [1.82, 2.24) is 14.7 Å². The van der Waals surface area contributed by atoms with Gasteiger partial charge in [0, 0.05) is 30.7 Å². The molecule has 6 nitrogen and oxygen atoms in total. The fraction of sp³-hybridized carbons (Fsp3) is 0.351. The van der Waals surface area contributed by atoms with E-state index in [-0.39, 0.29) is 6.04 Å². The van der Waals surface area contributed by atoms with Gasteiger partial charge in [-0.2, -0.15) is 0 Å².